The van der Waals surface area contributed by atoms with Crippen molar-refractivity contribution in [3.63, 3.8) is 0 Å². The standard InChI is InChI=1S/C20H24N4O4/c1-3-24-19(20(26)23-10-12-28-13-11-23)17(14-21-24)22-18(25)9-6-15-4-7-16(27-2)8-5-15/h4-9,14H,3,10-13H2,1-2H3,(H,22,25)/b9-6+. The third-order valence-electron chi connectivity index (χ3n) is 4.44. The zero-order chi connectivity index (χ0) is 19.9. The van der Waals surface area contributed by atoms with Gasteiger partial charge in [-0.2, -0.15) is 5.10 Å². The van der Waals surface area contributed by atoms with E-state index in [1.54, 1.807) is 22.8 Å². The van der Waals surface area contributed by atoms with Gasteiger partial charge in [0.15, 0.2) is 0 Å². The molecule has 2 heterocycles. The van der Waals surface area contributed by atoms with Crippen molar-refractivity contribution in [3.8, 4) is 5.75 Å². The molecule has 0 bridgehead atoms. The second kappa shape index (κ2) is 9.18. The Hall–Kier alpha value is -3.13. The highest BCUT2D eigenvalue weighted by atomic mass is 16.5. The van der Waals surface area contributed by atoms with Crippen molar-refractivity contribution in [2.45, 2.75) is 13.5 Å². The number of anilines is 1. The number of amides is 2. The molecule has 0 atom stereocenters. The molecule has 0 spiro atoms. The van der Waals surface area contributed by atoms with Gasteiger partial charge >= 0.3 is 0 Å². The van der Waals surface area contributed by atoms with Gasteiger partial charge in [0.05, 0.1) is 32.2 Å². The third-order valence-corrected chi connectivity index (χ3v) is 4.44. The topological polar surface area (TPSA) is 85.7 Å². The highest BCUT2D eigenvalue weighted by Gasteiger charge is 2.25. The minimum absolute atomic E-state index is 0.155. The second-order valence-corrected chi connectivity index (χ2v) is 6.22. The number of carbonyl (C=O) groups excluding carboxylic acids is 2. The molecular formula is C20H24N4O4. The van der Waals surface area contributed by atoms with E-state index in [0.29, 0.717) is 44.2 Å². The molecule has 1 aliphatic heterocycles. The number of hydrogen-bond donors (Lipinski definition) is 1. The van der Waals surface area contributed by atoms with Crippen LogP contribution in [-0.4, -0.2) is 59.9 Å². The number of nitrogens with zero attached hydrogens (tertiary/aromatic N) is 3. The van der Waals surface area contributed by atoms with Gasteiger partial charge in [0.1, 0.15) is 11.4 Å². The lowest BCUT2D eigenvalue weighted by molar-refractivity contribution is -0.111. The Morgan fingerprint density at radius 1 is 1.25 bits per heavy atom. The monoisotopic (exact) mass is 384 g/mol. The molecule has 2 aromatic rings. The Morgan fingerprint density at radius 2 is 1.96 bits per heavy atom. The van der Waals surface area contributed by atoms with Gasteiger partial charge in [-0.3, -0.25) is 14.3 Å². The van der Waals surface area contributed by atoms with Gasteiger partial charge < -0.3 is 19.7 Å². The summed E-state index contributed by atoms with van der Waals surface area (Å²) in [7, 11) is 1.60. The smallest absolute Gasteiger partial charge is 0.274 e. The van der Waals surface area contributed by atoms with Crippen LogP contribution < -0.4 is 10.1 Å². The van der Waals surface area contributed by atoms with Crippen LogP contribution in [0.2, 0.25) is 0 Å². The lowest BCUT2D eigenvalue weighted by Gasteiger charge is -2.27. The molecule has 0 aliphatic carbocycles. The van der Waals surface area contributed by atoms with E-state index < -0.39 is 0 Å². The average Bonchev–Trinajstić information content (AvgIpc) is 3.15. The summed E-state index contributed by atoms with van der Waals surface area (Å²) in [5, 5.41) is 6.99. The van der Waals surface area contributed by atoms with Crippen LogP contribution in [0.5, 0.6) is 5.75 Å². The zero-order valence-electron chi connectivity index (χ0n) is 16.1. The van der Waals surface area contributed by atoms with E-state index in [0.717, 1.165) is 11.3 Å². The Kier molecular flexibility index (Phi) is 6.44. The van der Waals surface area contributed by atoms with Crippen LogP contribution in [0, 0.1) is 0 Å². The average molecular weight is 384 g/mol. The second-order valence-electron chi connectivity index (χ2n) is 6.22. The molecule has 1 fully saturated rings. The van der Waals surface area contributed by atoms with Crippen molar-refractivity contribution >= 4 is 23.6 Å². The van der Waals surface area contributed by atoms with E-state index in [-0.39, 0.29) is 11.8 Å². The highest BCUT2D eigenvalue weighted by molar-refractivity contribution is 6.06. The van der Waals surface area contributed by atoms with E-state index in [1.807, 2.05) is 31.2 Å². The number of morpholine rings is 1. The molecule has 1 N–H and O–H groups in total. The fourth-order valence-electron chi connectivity index (χ4n) is 2.92. The van der Waals surface area contributed by atoms with Gasteiger partial charge in [-0.15, -0.1) is 0 Å². The molecule has 2 amide bonds. The van der Waals surface area contributed by atoms with Crippen LogP contribution in [0.3, 0.4) is 0 Å². The van der Waals surface area contributed by atoms with Gasteiger partial charge in [0.25, 0.3) is 5.91 Å². The van der Waals surface area contributed by atoms with Crippen LogP contribution in [0.4, 0.5) is 5.69 Å². The number of rotatable bonds is 6. The quantitative estimate of drug-likeness (QED) is 0.771. The summed E-state index contributed by atoms with van der Waals surface area (Å²) in [6.45, 7) is 4.51. The van der Waals surface area contributed by atoms with E-state index in [2.05, 4.69) is 10.4 Å². The maximum Gasteiger partial charge on any atom is 0.274 e. The fourth-order valence-corrected chi connectivity index (χ4v) is 2.92. The van der Waals surface area contributed by atoms with Crippen molar-refractivity contribution in [2.24, 2.45) is 0 Å². The summed E-state index contributed by atoms with van der Waals surface area (Å²) >= 11 is 0. The van der Waals surface area contributed by atoms with Gasteiger partial charge in [-0.25, -0.2) is 0 Å². The summed E-state index contributed by atoms with van der Waals surface area (Å²) in [6.07, 6.45) is 4.63. The van der Waals surface area contributed by atoms with Crippen molar-refractivity contribution < 1.29 is 19.1 Å². The first kappa shape index (κ1) is 19.6. The summed E-state index contributed by atoms with van der Waals surface area (Å²) in [5.74, 6) is 0.263. The fraction of sp³-hybridized carbons (Fsp3) is 0.350. The van der Waals surface area contributed by atoms with Crippen LogP contribution in [0.25, 0.3) is 6.08 Å². The van der Waals surface area contributed by atoms with Crippen molar-refractivity contribution in [2.75, 3.05) is 38.7 Å². The number of aromatic nitrogens is 2. The number of benzene rings is 1. The molecule has 1 saturated heterocycles. The molecule has 148 valence electrons. The third kappa shape index (κ3) is 4.58. The van der Waals surface area contributed by atoms with Crippen molar-refractivity contribution in [3.05, 3.63) is 47.8 Å². The van der Waals surface area contributed by atoms with Gasteiger partial charge in [0, 0.05) is 25.7 Å². The van der Waals surface area contributed by atoms with E-state index in [1.165, 1.54) is 12.3 Å². The summed E-state index contributed by atoms with van der Waals surface area (Å²) < 4.78 is 12.0. The van der Waals surface area contributed by atoms with Crippen molar-refractivity contribution in [1.82, 2.24) is 14.7 Å². The molecule has 0 radical (unpaired) electrons. The molecule has 1 aliphatic rings. The summed E-state index contributed by atoms with van der Waals surface area (Å²) in [5.41, 5.74) is 1.66. The van der Waals surface area contributed by atoms with E-state index in [9.17, 15) is 9.59 Å². The molecule has 8 nitrogen and oxygen atoms in total. The normalized spacial score (nSPS) is 14.3. The number of methoxy groups -OCH3 is 1. The number of nitrogens with one attached hydrogen (secondary N) is 1. The molecule has 1 aromatic heterocycles. The largest absolute Gasteiger partial charge is 0.497 e. The molecular weight excluding hydrogens is 360 g/mol. The Balaban J connectivity index is 1.72. The first-order chi connectivity index (χ1) is 13.6. The van der Waals surface area contributed by atoms with Gasteiger partial charge in [-0.1, -0.05) is 12.1 Å². The first-order valence-electron chi connectivity index (χ1n) is 9.18. The Bertz CT molecular complexity index is 852. The van der Waals surface area contributed by atoms with E-state index in [4.69, 9.17) is 9.47 Å². The predicted octanol–water partition coefficient (Wildman–Crippen LogP) is 2.04. The number of aryl methyl sites for hydroxylation is 1. The number of hydrogen-bond acceptors (Lipinski definition) is 5. The highest BCUT2D eigenvalue weighted by Crippen LogP contribution is 2.19. The van der Waals surface area contributed by atoms with Crippen LogP contribution >= 0.6 is 0 Å². The van der Waals surface area contributed by atoms with Gasteiger partial charge in [-0.05, 0) is 30.7 Å². The minimum atomic E-state index is -0.331. The number of carbonyl (C=O) groups is 2. The molecule has 28 heavy (non-hydrogen) atoms. The SMILES string of the molecule is CCn1ncc(NC(=O)/C=C/c2ccc(OC)cc2)c1C(=O)N1CCOCC1. The Morgan fingerprint density at radius 3 is 2.61 bits per heavy atom. The lowest BCUT2D eigenvalue weighted by Crippen LogP contribution is -2.41. The molecule has 8 heteroatoms. The molecule has 3 rings (SSSR count). The Labute approximate surface area is 163 Å². The molecule has 1 aromatic carbocycles. The van der Waals surface area contributed by atoms with Gasteiger partial charge in [0.2, 0.25) is 5.91 Å². The zero-order valence-corrected chi connectivity index (χ0v) is 16.1. The van der Waals surface area contributed by atoms with Crippen LogP contribution in [-0.2, 0) is 16.1 Å². The van der Waals surface area contributed by atoms with Crippen LogP contribution in [0.15, 0.2) is 36.5 Å². The van der Waals surface area contributed by atoms with E-state index >= 15 is 0 Å². The predicted molar refractivity (Wildman–Crippen MR) is 105 cm³/mol. The number of ether oxygens (including phenoxy) is 2. The van der Waals surface area contributed by atoms with Crippen molar-refractivity contribution in [1.29, 1.82) is 0 Å². The summed E-state index contributed by atoms with van der Waals surface area (Å²) in [6, 6.07) is 7.35. The minimum Gasteiger partial charge on any atom is -0.497 e. The maximum atomic E-state index is 12.9. The van der Waals surface area contributed by atoms with Crippen LogP contribution in [0.1, 0.15) is 23.0 Å². The first-order valence-corrected chi connectivity index (χ1v) is 9.18. The maximum absolute atomic E-state index is 12.9. The summed E-state index contributed by atoms with van der Waals surface area (Å²) in [4.78, 5) is 27.0. The lowest BCUT2D eigenvalue weighted by atomic mass is 10.2. The molecule has 0 saturated carbocycles. The molecule has 0 unspecified atom stereocenters.